The molecule has 0 aliphatic carbocycles. The first-order chi connectivity index (χ1) is 8.66. The molecule has 0 spiro atoms. The normalized spacial score (nSPS) is 11.0. The van der Waals surface area contributed by atoms with Crippen molar-refractivity contribution in [3.8, 4) is 17.0 Å². The molecule has 0 atom stereocenters. The van der Waals surface area contributed by atoms with Crippen LogP contribution in [0.3, 0.4) is 0 Å². The smallest absolute Gasteiger partial charge is 0.165 e. The Balaban J connectivity index is 2.25. The van der Waals surface area contributed by atoms with E-state index in [0.29, 0.717) is 0 Å². The number of aryl methyl sites for hydroxylation is 1. The quantitative estimate of drug-likeness (QED) is 0.664. The van der Waals surface area contributed by atoms with Gasteiger partial charge >= 0.3 is 0 Å². The molecule has 3 rings (SSSR count). The zero-order valence-electron chi connectivity index (χ0n) is 9.87. The second kappa shape index (κ2) is 3.88. The lowest BCUT2D eigenvalue weighted by Gasteiger charge is -2.02. The molecule has 90 valence electrons. The lowest BCUT2D eigenvalue weighted by atomic mass is 10.1. The second-order valence-corrected chi connectivity index (χ2v) is 4.34. The molecular weight excluding hydrogens is 229 g/mol. The Morgan fingerprint density at radius 2 is 1.89 bits per heavy atom. The summed E-state index contributed by atoms with van der Waals surface area (Å²) in [7, 11) is 0. The van der Waals surface area contributed by atoms with E-state index in [1.165, 1.54) is 12.1 Å². The van der Waals surface area contributed by atoms with Gasteiger partial charge in [0, 0.05) is 22.2 Å². The predicted octanol–water partition coefficient (Wildman–Crippen LogP) is 3.99. The van der Waals surface area contributed by atoms with Crippen molar-refractivity contribution in [1.29, 1.82) is 0 Å². The van der Waals surface area contributed by atoms with Crippen LogP contribution in [-0.2, 0) is 0 Å². The molecule has 3 aromatic rings. The van der Waals surface area contributed by atoms with Crippen molar-refractivity contribution >= 4 is 10.9 Å². The van der Waals surface area contributed by atoms with Gasteiger partial charge in [-0.25, -0.2) is 4.39 Å². The van der Waals surface area contributed by atoms with Gasteiger partial charge < -0.3 is 10.1 Å². The molecule has 0 aliphatic heterocycles. The number of halogens is 1. The fourth-order valence-corrected chi connectivity index (χ4v) is 2.23. The molecule has 0 saturated carbocycles. The molecule has 1 heterocycles. The zero-order chi connectivity index (χ0) is 12.7. The number of H-pyrrole nitrogens is 1. The third kappa shape index (κ3) is 1.56. The highest BCUT2D eigenvalue weighted by atomic mass is 19.1. The first kappa shape index (κ1) is 10.8. The van der Waals surface area contributed by atoms with Crippen molar-refractivity contribution in [1.82, 2.24) is 4.98 Å². The molecular formula is C15H12FNO. The fraction of sp³-hybridized carbons (Fsp3) is 0.0667. The number of aromatic amines is 1. The van der Waals surface area contributed by atoms with Crippen LogP contribution in [-0.4, -0.2) is 10.1 Å². The van der Waals surface area contributed by atoms with Crippen LogP contribution in [0.15, 0.2) is 42.5 Å². The van der Waals surface area contributed by atoms with Gasteiger partial charge in [-0.05, 0) is 36.8 Å². The molecule has 0 fully saturated rings. The average Bonchev–Trinajstić information content (AvgIpc) is 2.71. The number of benzene rings is 2. The molecule has 2 aromatic carbocycles. The summed E-state index contributed by atoms with van der Waals surface area (Å²) < 4.78 is 13.4. The number of hydrogen-bond acceptors (Lipinski definition) is 1. The molecule has 0 saturated heterocycles. The monoisotopic (exact) mass is 241 g/mol. The van der Waals surface area contributed by atoms with E-state index in [4.69, 9.17) is 0 Å². The molecule has 1 aromatic heterocycles. The number of hydrogen-bond donors (Lipinski definition) is 2. The molecule has 0 unspecified atom stereocenters. The first-order valence-electron chi connectivity index (χ1n) is 5.73. The minimum atomic E-state index is -0.606. The number of aromatic nitrogens is 1. The summed E-state index contributed by atoms with van der Waals surface area (Å²) in [5.41, 5.74) is 3.73. The fourth-order valence-electron chi connectivity index (χ4n) is 2.23. The second-order valence-electron chi connectivity index (χ2n) is 4.34. The molecule has 2 nitrogen and oxygen atoms in total. The van der Waals surface area contributed by atoms with Gasteiger partial charge in [-0.2, -0.15) is 0 Å². The van der Waals surface area contributed by atoms with Gasteiger partial charge in [-0.15, -0.1) is 0 Å². The van der Waals surface area contributed by atoms with Crippen LogP contribution >= 0.6 is 0 Å². The van der Waals surface area contributed by atoms with E-state index in [9.17, 15) is 9.50 Å². The van der Waals surface area contributed by atoms with Crippen LogP contribution in [0.5, 0.6) is 5.75 Å². The molecule has 0 bridgehead atoms. The van der Waals surface area contributed by atoms with Crippen LogP contribution < -0.4 is 0 Å². The maximum absolute atomic E-state index is 13.4. The van der Waals surface area contributed by atoms with Crippen molar-refractivity contribution < 1.29 is 9.50 Å². The SMILES string of the molecule is Cc1c(-c2ccc(O)c(F)c2)[nH]c2ccccc12. The van der Waals surface area contributed by atoms with E-state index in [1.54, 1.807) is 6.07 Å². The third-order valence-electron chi connectivity index (χ3n) is 3.20. The van der Waals surface area contributed by atoms with Gasteiger partial charge in [0.15, 0.2) is 11.6 Å². The lowest BCUT2D eigenvalue weighted by molar-refractivity contribution is 0.432. The number of phenolic OH excluding ortho intramolecular Hbond substituents is 1. The average molecular weight is 241 g/mol. The summed E-state index contributed by atoms with van der Waals surface area (Å²) in [6.45, 7) is 2.00. The standard InChI is InChI=1S/C15H12FNO/c1-9-11-4-2-3-5-13(11)17-15(9)10-6-7-14(18)12(16)8-10/h2-8,17-18H,1H3. The Morgan fingerprint density at radius 1 is 1.11 bits per heavy atom. The van der Waals surface area contributed by atoms with Crippen LogP contribution in [0.25, 0.3) is 22.2 Å². The predicted molar refractivity (Wildman–Crippen MR) is 70.1 cm³/mol. The highest BCUT2D eigenvalue weighted by Gasteiger charge is 2.10. The largest absolute Gasteiger partial charge is 0.505 e. The highest BCUT2D eigenvalue weighted by Crippen LogP contribution is 2.31. The summed E-state index contributed by atoms with van der Waals surface area (Å²) in [5.74, 6) is -0.932. The molecule has 18 heavy (non-hydrogen) atoms. The number of para-hydroxylation sites is 1. The van der Waals surface area contributed by atoms with E-state index in [0.717, 1.165) is 27.7 Å². The van der Waals surface area contributed by atoms with E-state index in [-0.39, 0.29) is 5.75 Å². The van der Waals surface area contributed by atoms with Crippen LogP contribution in [0, 0.1) is 12.7 Å². The van der Waals surface area contributed by atoms with Gasteiger partial charge in [-0.3, -0.25) is 0 Å². The zero-order valence-corrected chi connectivity index (χ0v) is 9.87. The Labute approximate surface area is 104 Å². The summed E-state index contributed by atoms with van der Waals surface area (Å²) >= 11 is 0. The summed E-state index contributed by atoms with van der Waals surface area (Å²) in [4.78, 5) is 3.28. The van der Waals surface area contributed by atoms with E-state index in [1.807, 2.05) is 31.2 Å². The maximum Gasteiger partial charge on any atom is 0.165 e. The van der Waals surface area contributed by atoms with E-state index in [2.05, 4.69) is 4.98 Å². The number of phenols is 1. The van der Waals surface area contributed by atoms with Crippen molar-refractivity contribution in [3.63, 3.8) is 0 Å². The molecule has 2 N–H and O–H groups in total. The topological polar surface area (TPSA) is 36.0 Å². The Hall–Kier alpha value is -2.29. The van der Waals surface area contributed by atoms with Crippen molar-refractivity contribution in [2.24, 2.45) is 0 Å². The minimum absolute atomic E-state index is 0.326. The number of fused-ring (bicyclic) bond motifs is 1. The summed E-state index contributed by atoms with van der Waals surface area (Å²) in [5, 5.41) is 10.3. The maximum atomic E-state index is 13.4. The van der Waals surface area contributed by atoms with Crippen molar-refractivity contribution in [2.45, 2.75) is 6.92 Å². The van der Waals surface area contributed by atoms with E-state index < -0.39 is 5.82 Å². The van der Waals surface area contributed by atoms with E-state index >= 15 is 0 Å². The van der Waals surface area contributed by atoms with Crippen LogP contribution in [0.2, 0.25) is 0 Å². The van der Waals surface area contributed by atoms with Gasteiger partial charge in [0.05, 0.1) is 0 Å². The number of nitrogens with one attached hydrogen (secondary N) is 1. The number of aromatic hydroxyl groups is 1. The lowest BCUT2D eigenvalue weighted by Crippen LogP contribution is -1.83. The van der Waals surface area contributed by atoms with Crippen LogP contribution in [0.1, 0.15) is 5.56 Å². The Kier molecular flexibility index (Phi) is 2.33. The van der Waals surface area contributed by atoms with Gasteiger partial charge in [0.2, 0.25) is 0 Å². The summed E-state index contributed by atoms with van der Waals surface area (Å²) in [6, 6.07) is 12.4. The van der Waals surface area contributed by atoms with Crippen LogP contribution in [0.4, 0.5) is 4.39 Å². The van der Waals surface area contributed by atoms with Gasteiger partial charge in [0.25, 0.3) is 0 Å². The molecule has 0 aliphatic rings. The Bertz CT molecular complexity index is 730. The van der Waals surface area contributed by atoms with Crippen molar-refractivity contribution in [2.75, 3.05) is 0 Å². The first-order valence-corrected chi connectivity index (χ1v) is 5.73. The Morgan fingerprint density at radius 3 is 2.61 bits per heavy atom. The third-order valence-corrected chi connectivity index (χ3v) is 3.20. The van der Waals surface area contributed by atoms with Gasteiger partial charge in [0.1, 0.15) is 0 Å². The minimum Gasteiger partial charge on any atom is -0.505 e. The number of rotatable bonds is 1. The summed E-state index contributed by atoms with van der Waals surface area (Å²) in [6.07, 6.45) is 0. The van der Waals surface area contributed by atoms with Gasteiger partial charge in [-0.1, -0.05) is 18.2 Å². The highest BCUT2D eigenvalue weighted by molar-refractivity contribution is 5.90. The molecule has 0 radical (unpaired) electrons. The van der Waals surface area contributed by atoms with Crippen molar-refractivity contribution in [3.05, 3.63) is 53.8 Å². The molecule has 0 amide bonds. The molecule has 3 heteroatoms.